The lowest BCUT2D eigenvalue weighted by Crippen LogP contribution is -2.66. The number of benzene rings is 1. The van der Waals surface area contributed by atoms with Gasteiger partial charge < -0.3 is 15.0 Å². The number of carbonyl (C=O) groups is 1. The fourth-order valence-corrected chi connectivity index (χ4v) is 3.92. The SMILES string of the molecule is CCC12COCCN1c1nc(-n3ccnc3-c3ccccc3)ncc1NC2=O. The third-order valence-electron chi connectivity index (χ3n) is 5.47. The van der Waals surface area contributed by atoms with Crippen LogP contribution in [0.4, 0.5) is 11.5 Å². The van der Waals surface area contributed by atoms with E-state index in [1.807, 2.05) is 48.0 Å². The number of imidazole rings is 1. The Hall–Kier alpha value is -3.26. The van der Waals surface area contributed by atoms with E-state index in [2.05, 4.69) is 20.2 Å². The number of amides is 1. The first-order chi connectivity index (χ1) is 13.7. The van der Waals surface area contributed by atoms with Gasteiger partial charge in [0.1, 0.15) is 17.1 Å². The van der Waals surface area contributed by atoms with Crippen molar-refractivity contribution in [3.63, 3.8) is 0 Å². The first-order valence-electron chi connectivity index (χ1n) is 9.36. The highest BCUT2D eigenvalue weighted by Gasteiger charge is 2.49. The predicted molar refractivity (Wildman–Crippen MR) is 104 cm³/mol. The number of ether oxygens (including phenoxy) is 1. The van der Waals surface area contributed by atoms with Crippen LogP contribution in [0, 0.1) is 0 Å². The molecule has 1 fully saturated rings. The van der Waals surface area contributed by atoms with Crippen LogP contribution in [0.1, 0.15) is 13.3 Å². The maximum Gasteiger partial charge on any atom is 0.252 e. The Bertz CT molecular complexity index is 1030. The van der Waals surface area contributed by atoms with Crippen molar-refractivity contribution in [1.29, 1.82) is 0 Å². The topological polar surface area (TPSA) is 85.2 Å². The highest BCUT2D eigenvalue weighted by Crippen LogP contribution is 2.39. The molecule has 2 aliphatic rings. The van der Waals surface area contributed by atoms with Gasteiger partial charge >= 0.3 is 0 Å². The zero-order chi connectivity index (χ0) is 19.1. The molecular formula is C20H20N6O2. The zero-order valence-corrected chi connectivity index (χ0v) is 15.5. The average molecular weight is 376 g/mol. The van der Waals surface area contributed by atoms with Crippen molar-refractivity contribution in [3.05, 3.63) is 48.9 Å². The molecule has 2 aliphatic heterocycles. The Balaban J connectivity index is 1.62. The summed E-state index contributed by atoms with van der Waals surface area (Å²) in [6.45, 7) is 3.53. The lowest BCUT2D eigenvalue weighted by atomic mass is 9.90. The summed E-state index contributed by atoms with van der Waals surface area (Å²) in [5.41, 5.74) is 0.881. The minimum Gasteiger partial charge on any atom is -0.377 e. The Morgan fingerprint density at radius 2 is 2.11 bits per heavy atom. The van der Waals surface area contributed by atoms with Crippen LogP contribution in [0.5, 0.6) is 0 Å². The molecule has 0 aliphatic carbocycles. The number of morpholine rings is 1. The zero-order valence-electron chi connectivity index (χ0n) is 15.5. The van der Waals surface area contributed by atoms with Gasteiger partial charge in [0.15, 0.2) is 5.82 Å². The molecular weight excluding hydrogens is 356 g/mol. The van der Waals surface area contributed by atoms with Crippen LogP contribution in [0.15, 0.2) is 48.9 Å². The summed E-state index contributed by atoms with van der Waals surface area (Å²) in [4.78, 5) is 28.6. The number of hydrogen-bond donors (Lipinski definition) is 1. The summed E-state index contributed by atoms with van der Waals surface area (Å²) >= 11 is 0. The van der Waals surface area contributed by atoms with Crippen molar-refractivity contribution in [1.82, 2.24) is 19.5 Å². The minimum atomic E-state index is -0.728. The van der Waals surface area contributed by atoms with Crippen LogP contribution in [0.25, 0.3) is 17.3 Å². The molecule has 142 valence electrons. The summed E-state index contributed by atoms with van der Waals surface area (Å²) in [6.07, 6.45) is 5.88. The smallest absolute Gasteiger partial charge is 0.252 e. The van der Waals surface area contributed by atoms with Crippen molar-refractivity contribution < 1.29 is 9.53 Å². The largest absolute Gasteiger partial charge is 0.377 e. The highest BCUT2D eigenvalue weighted by atomic mass is 16.5. The predicted octanol–water partition coefficient (Wildman–Crippen LogP) is 2.27. The van der Waals surface area contributed by atoms with Gasteiger partial charge in [-0.3, -0.25) is 9.36 Å². The maximum atomic E-state index is 12.8. The van der Waals surface area contributed by atoms with Crippen molar-refractivity contribution in [3.8, 4) is 17.3 Å². The monoisotopic (exact) mass is 376 g/mol. The van der Waals surface area contributed by atoms with Crippen molar-refractivity contribution in [2.75, 3.05) is 30.0 Å². The van der Waals surface area contributed by atoms with Crippen LogP contribution in [0.2, 0.25) is 0 Å². The minimum absolute atomic E-state index is 0.0637. The molecule has 3 aromatic rings. The third-order valence-corrected chi connectivity index (χ3v) is 5.47. The molecule has 0 radical (unpaired) electrons. The van der Waals surface area contributed by atoms with Crippen molar-refractivity contribution in [2.24, 2.45) is 0 Å². The van der Waals surface area contributed by atoms with Crippen LogP contribution in [0.3, 0.4) is 0 Å². The molecule has 5 rings (SSSR count). The number of hydrogen-bond acceptors (Lipinski definition) is 6. The quantitative estimate of drug-likeness (QED) is 0.755. The van der Waals surface area contributed by atoms with Crippen LogP contribution < -0.4 is 10.2 Å². The van der Waals surface area contributed by atoms with E-state index in [0.717, 1.165) is 17.2 Å². The van der Waals surface area contributed by atoms with Crippen LogP contribution in [-0.2, 0) is 9.53 Å². The summed E-state index contributed by atoms with van der Waals surface area (Å²) in [5.74, 6) is 1.94. The fraction of sp³-hybridized carbons (Fsp3) is 0.300. The second kappa shape index (κ2) is 6.42. The second-order valence-corrected chi connectivity index (χ2v) is 6.94. The molecule has 4 heterocycles. The first-order valence-corrected chi connectivity index (χ1v) is 9.36. The average Bonchev–Trinajstić information content (AvgIpc) is 3.24. The third kappa shape index (κ3) is 2.41. The summed E-state index contributed by atoms with van der Waals surface area (Å²) in [7, 11) is 0. The highest BCUT2D eigenvalue weighted by molar-refractivity contribution is 6.06. The van der Waals surface area contributed by atoms with E-state index in [1.165, 1.54) is 0 Å². The van der Waals surface area contributed by atoms with E-state index in [9.17, 15) is 4.79 Å². The van der Waals surface area contributed by atoms with E-state index in [-0.39, 0.29) is 5.91 Å². The number of nitrogens with one attached hydrogen (secondary N) is 1. The van der Waals surface area contributed by atoms with Crippen molar-refractivity contribution in [2.45, 2.75) is 18.9 Å². The first kappa shape index (κ1) is 16.9. The van der Waals surface area contributed by atoms with Gasteiger partial charge in [0.2, 0.25) is 5.95 Å². The second-order valence-electron chi connectivity index (χ2n) is 6.94. The van der Waals surface area contributed by atoms with E-state index in [0.29, 0.717) is 37.8 Å². The Kier molecular flexibility index (Phi) is 3.87. The Morgan fingerprint density at radius 3 is 2.93 bits per heavy atom. The van der Waals surface area contributed by atoms with E-state index in [1.54, 1.807) is 12.4 Å². The van der Waals surface area contributed by atoms with Crippen LogP contribution >= 0.6 is 0 Å². The number of anilines is 2. The summed E-state index contributed by atoms with van der Waals surface area (Å²) < 4.78 is 7.50. The number of aromatic nitrogens is 4. The van der Waals surface area contributed by atoms with Gasteiger partial charge in [0.25, 0.3) is 5.91 Å². The fourth-order valence-electron chi connectivity index (χ4n) is 3.92. The number of carbonyl (C=O) groups excluding carboxylic acids is 1. The van der Waals surface area contributed by atoms with Crippen LogP contribution in [-0.4, -0.2) is 50.7 Å². The molecule has 8 heteroatoms. The normalized spacial score (nSPS) is 21.0. The van der Waals surface area contributed by atoms with Gasteiger partial charge in [-0.1, -0.05) is 37.3 Å². The van der Waals surface area contributed by atoms with Gasteiger partial charge in [-0.2, -0.15) is 4.98 Å². The Labute approximate surface area is 162 Å². The van der Waals surface area contributed by atoms with E-state index >= 15 is 0 Å². The lowest BCUT2D eigenvalue weighted by Gasteiger charge is -2.48. The molecule has 1 aromatic carbocycles. The molecule has 0 saturated carbocycles. The number of rotatable bonds is 3. The molecule has 1 unspecified atom stereocenters. The van der Waals surface area contributed by atoms with Gasteiger partial charge in [-0.25, -0.2) is 9.97 Å². The molecule has 1 atom stereocenters. The van der Waals surface area contributed by atoms with Gasteiger partial charge in [-0.15, -0.1) is 0 Å². The van der Waals surface area contributed by atoms with Gasteiger partial charge in [0, 0.05) is 24.5 Å². The molecule has 1 N–H and O–H groups in total. The lowest BCUT2D eigenvalue weighted by molar-refractivity contribution is -0.125. The molecule has 1 amide bonds. The number of nitrogens with zero attached hydrogens (tertiary/aromatic N) is 5. The molecule has 2 aromatic heterocycles. The molecule has 1 saturated heterocycles. The van der Waals surface area contributed by atoms with Crippen molar-refractivity contribution >= 4 is 17.4 Å². The van der Waals surface area contributed by atoms with Gasteiger partial charge in [0.05, 0.1) is 19.4 Å². The number of fused-ring (bicyclic) bond motifs is 3. The Morgan fingerprint density at radius 1 is 1.25 bits per heavy atom. The molecule has 8 nitrogen and oxygen atoms in total. The summed E-state index contributed by atoms with van der Waals surface area (Å²) in [5, 5.41) is 2.96. The molecule has 28 heavy (non-hydrogen) atoms. The van der Waals surface area contributed by atoms with Gasteiger partial charge in [-0.05, 0) is 6.42 Å². The van der Waals surface area contributed by atoms with E-state index < -0.39 is 5.54 Å². The van der Waals surface area contributed by atoms with E-state index in [4.69, 9.17) is 9.72 Å². The molecule has 0 bridgehead atoms. The summed E-state index contributed by atoms with van der Waals surface area (Å²) in [6, 6.07) is 9.92. The maximum absolute atomic E-state index is 12.8. The standard InChI is InChI=1S/C20H20N6O2/c1-2-20-13-28-11-10-26(20)17-15(23-18(20)27)12-22-19(24-17)25-9-8-21-16(25)14-6-4-3-5-7-14/h3-9,12H,2,10-11,13H2,1H3,(H,23,27). The molecule has 0 spiro atoms.